The Morgan fingerprint density at radius 2 is 1.72 bits per heavy atom. The van der Waals surface area contributed by atoms with Crippen LogP contribution in [0.4, 0.5) is 0 Å². The van der Waals surface area contributed by atoms with Gasteiger partial charge >= 0.3 is 17.9 Å². The van der Waals surface area contributed by atoms with Crippen LogP contribution >= 0.6 is 0 Å². The molecule has 0 aromatic carbocycles. The zero-order valence-electron chi connectivity index (χ0n) is 31.4. The molecule has 0 aromatic rings. The van der Waals surface area contributed by atoms with Crippen molar-refractivity contribution < 1.29 is 33.8 Å². The summed E-state index contributed by atoms with van der Waals surface area (Å²) in [5.41, 5.74) is 1.23. The average Bonchev–Trinajstić information content (AvgIpc) is 3.41. The minimum atomic E-state index is -0.510. The molecule has 50 heavy (non-hydrogen) atoms. The number of quaternary nitrogens is 1. The molecule has 4 rings (SSSR count). The zero-order chi connectivity index (χ0) is 35.6. The summed E-state index contributed by atoms with van der Waals surface area (Å²) in [7, 11) is 0. The monoisotopic (exact) mass is 699 g/mol. The predicted octanol–water partition coefficient (Wildman–Crippen LogP) is 7.15. The molecule has 6 atom stereocenters. The number of rotatable bonds is 24. The van der Waals surface area contributed by atoms with Gasteiger partial charge in [0.15, 0.2) is 5.72 Å². The number of guanidine groups is 1. The molecular formula is C41H68N3O6+. The molecule has 1 unspecified atom stereocenters. The van der Waals surface area contributed by atoms with Crippen molar-refractivity contribution in [1.82, 2.24) is 5.32 Å². The van der Waals surface area contributed by atoms with Crippen LogP contribution in [-0.2, 0) is 23.8 Å². The van der Waals surface area contributed by atoms with Gasteiger partial charge in [0.2, 0.25) is 0 Å². The van der Waals surface area contributed by atoms with E-state index in [0.717, 1.165) is 87.9 Å². The van der Waals surface area contributed by atoms with Gasteiger partial charge in [-0.15, -0.1) is 0 Å². The summed E-state index contributed by atoms with van der Waals surface area (Å²) in [6.45, 7) is 8.33. The maximum Gasteiger partial charge on any atom is 0.341 e. The molecule has 9 heteroatoms. The predicted molar refractivity (Wildman–Crippen MR) is 199 cm³/mol. The first kappa shape index (κ1) is 40.3. The fraction of sp³-hybridized carbons (Fsp3) is 0.780. The Morgan fingerprint density at radius 3 is 2.38 bits per heavy atom. The van der Waals surface area contributed by atoms with Gasteiger partial charge in [0.05, 0.1) is 31.3 Å². The number of aliphatic hydroxyl groups is 1. The second-order valence-corrected chi connectivity index (χ2v) is 15.1. The van der Waals surface area contributed by atoms with Gasteiger partial charge in [0.1, 0.15) is 18.2 Å². The molecule has 0 amide bonds. The third-order valence-corrected chi connectivity index (χ3v) is 10.9. The highest BCUT2D eigenvalue weighted by Gasteiger charge is 2.56. The highest BCUT2D eigenvalue weighted by atomic mass is 16.5. The second kappa shape index (κ2) is 21.8. The average molecular weight is 699 g/mol. The number of carbonyl (C=O) groups excluding carboxylic acids is 2. The lowest BCUT2D eigenvalue weighted by molar-refractivity contribution is -0.848. The van der Waals surface area contributed by atoms with Crippen molar-refractivity contribution >= 4 is 17.9 Å². The molecule has 4 aliphatic rings. The summed E-state index contributed by atoms with van der Waals surface area (Å²) in [5, 5.41) is 13.6. The van der Waals surface area contributed by atoms with Crippen LogP contribution in [0.3, 0.4) is 0 Å². The lowest BCUT2D eigenvalue weighted by Gasteiger charge is -2.43. The maximum atomic E-state index is 13.7. The minimum absolute atomic E-state index is 0.0653. The van der Waals surface area contributed by atoms with E-state index in [2.05, 4.69) is 31.0 Å². The summed E-state index contributed by atoms with van der Waals surface area (Å²) >= 11 is 0. The van der Waals surface area contributed by atoms with Crippen molar-refractivity contribution in [2.45, 2.75) is 192 Å². The van der Waals surface area contributed by atoms with Crippen LogP contribution < -0.4 is 10.2 Å². The molecule has 1 spiro atoms. The van der Waals surface area contributed by atoms with E-state index < -0.39 is 5.72 Å². The van der Waals surface area contributed by atoms with E-state index in [1.807, 2.05) is 6.92 Å². The van der Waals surface area contributed by atoms with Crippen molar-refractivity contribution in [3.63, 3.8) is 0 Å². The van der Waals surface area contributed by atoms with Crippen molar-refractivity contribution in [2.75, 3.05) is 13.2 Å². The molecule has 0 saturated carbocycles. The summed E-state index contributed by atoms with van der Waals surface area (Å²) in [6, 6.07) is 0.435. The van der Waals surface area contributed by atoms with Gasteiger partial charge < -0.3 is 19.3 Å². The van der Waals surface area contributed by atoms with Gasteiger partial charge in [-0.05, 0) is 51.9 Å². The molecule has 9 nitrogen and oxygen atoms in total. The van der Waals surface area contributed by atoms with Gasteiger partial charge in [-0.25, -0.2) is 4.79 Å². The van der Waals surface area contributed by atoms with Crippen molar-refractivity contribution in [3.8, 4) is 0 Å². The third kappa shape index (κ3) is 12.6. The Bertz CT molecular complexity index is 1160. The van der Waals surface area contributed by atoms with Crippen molar-refractivity contribution in [3.05, 3.63) is 36.1 Å². The van der Waals surface area contributed by atoms with E-state index >= 15 is 0 Å². The molecular weight excluding hydrogens is 630 g/mol. The Hall–Kier alpha value is -2.49. The lowest BCUT2D eigenvalue weighted by Crippen LogP contribution is -3.23. The molecule has 3 N–H and O–H groups in total. The molecule has 1 saturated heterocycles. The molecule has 1 fully saturated rings. The topological polar surface area (TPSA) is 111 Å². The molecule has 0 aromatic heterocycles. The summed E-state index contributed by atoms with van der Waals surface area (Å²) in [5.74, 6) is 0.644. The van der Waals surface area contributed by atoms with Crippen molar-refractivity contribution in [2.24, 2.45) is 4.99 Å². The van der Waals surface area contributed by atoms with Gasteiger partial charge in [-0.1, -0.05) is 102 Å². The van der Waals surface area contributed by atoms with Crippen molar-refractivity contribution in [1.29, 1.82) is 0 Å². The van der Waals surface area contributed by atoms with E-state index in [4.69, 9.17) is 19.2 Å². The summed E-state index contributed by atoms with van der Waals surface area (Å²) in [6.07, 6.45) is 29.4. The number of hydrogen-bond donors (Lipinski definition) is 3. The standard InChI is InChI=1S/C41H67N3O6/c1-4-29-48-37(46)25-17-15-13-11-9-7-6-8-10-12-14-16-20-30-49-39(47)38-35(24-21-22-32(3)45)42-40-43-41(28-19-18-23-34(5-2)50-41)31-33-26-27-36(38)44(33)40/h4,18,23,32-34,36,45H,1,5-17,19-22,24-31H2,2-3H3,(H,42,43)/p+1/t32-,33+,34+,36+,41+/m1/s1. The molecule has 4 aliphatic heterocycles. The zero-order valence-corrected chi connectivity index (χ0v) is 31.4. The first-order chi connectivity index (χ1) is 24.4. The van der Waals surface area contributed by atoms with Crippen LogP contribution in [0, 0.1) is 0 Å². The van der Waals surface area contributed by atoms with Gasteiger partial charge in [0.25, 0.3) is 0 Å². The second-order valence-electron chi connectivity index (χ2n) is 15.1. The Balaban J connectivity index is 1.15. The third-order valence-electron chi connectivity index (χ3n) is 10.9. The summed E-state index contributed by atoms with van der Waals surface area (Å²) in [4.78, 5) is 31.8. The quantitative estimate of drug-likeness (QED) is 0.0558. The van der Waals surface area contributed by atoms with Gasteiger partial charge in [-0.2, -0.15) is 4.99 Å². The number of carbonyl (C=O) groups is 2. The fourth-order valence-corrected chi connectivity index (χ4v) is 8.26. The van der Waals surface area contributed by atoms with E-state index in [1.165, 1.54) is 62.7 Å². The summed E-state index contributed by atoms with van der Waals surface area (Å²) < 4.78 is 17.7. The van der Waals surface area contributed by atoms with E-state index in [1.54, 1.807) is 6.08 Å². The molecule has 0 bridgehead atoms. The number of aliphatic hydroxyl groups excluding tert-OH is 1. The molecule has 4 heterocycles. The van der Waals surface area contributed by atoms with Crippen LogP contribution in [0.15, 0.2) is 41.1 Å². The smallest absolute Gasteiger partial charge is 0.341 e. The Labute approximate surface area is 302 Å². The normalized spacial score (nSPS) is 26.2. The lowest BCUT2D eigenvalue weighted by atomic mass is 9.94. The number of esters is 2. The number of ether oxygens (including phenoxy) is 3. The minimum Gasteiger partial charge on any atom is -0.462 e. The van der Waals surface area contributed by atoms with Gasteiger partial charge in [-0.3, -0.25) is 15.0 Å². The van der Waals surface area contributed by atoms with Crippen LogP contribution in [-0.4, -0.2) is 66.2 Å². The highest BCUT2D eigenvalue weighted by Crippen LogP contribution is 2.37. The Kier molecular flexibility index (Phi) is 17.5. The van der Waals surface area contributed by atoms with E-state index in [-0.39, 0.29) is 30.2 Å². The molecule has 282 valence electrons. The number of nitrogens with zero attached hydrogens (tertiary/aromatic N) is 1. The maximum absolute atomic E-state index is 13.7. The number of nitrogens with one attached hydrogen (secondary N) is 2. The van der Waals surface area contributed by atoms with Crippen LogP contribution in [0.2, 0.25) is 0 Å². The van der Waals surface area contributed by atoms with Crippen LogP contribution in [0.5, 0.6) is 0 Å². The first-order valence-electron chi connectivity index (χ1n) is 20.3. The number of unbranched alkanes of at least 4 members (excludes halogenated alkanes) is 12. The molecule has 0 radical (unpaired) electrons. The largest absolute Gasteiger partial charge is 0.462 e. The number of allylic oxidation sites excluding steroid dienone is 2. The number of aliphatic imine (C=N–C) groups is 1. The van der Waals surface area contributed by atoms with E-state index in [0.29, 0.717) is 38.5 Å². The van der Waals surface area contributed by atoms with Gasteiger partial charge in [0, 0.05) is 31.4 Å². The Morgan fingerprint density at radius 1 is 1.04 bits per heavy atom. The SMILES string of the molecule is C=CCOC(=O)CCCCCCCCCCCCCCCOC(=O)C1=C(CCC[C@@H](C)O)NC2=N[C@]3(CCC=C[C@H](CC)O3)C[C@@H]3CC[C@@H]1[NH+]23. The highest BCUT2D eigenvalue weighted by molar-refractivity contribution is 5.93. The van der Waals surface area contributed by atoms with E-state index in [9.17, 15) is 14.7 Å². The fourth-order valence-electron chi connectivity index (χ4n) is 8.26. The van der Waals surface area contributed by atoms with Crippen LogP contribution in [0.1, 0.15) is 162 Å². The first-order valence-corrected chi connectivity index (χ1v) is 20.3. The molecule has 0 aliphatic carbocycles. The number of hydrogen-bond acceptors (Lipinski definition) is 8. The van der Waals surface area contributed by atoms with Crippen LogP contribution in [0.25, 0.3) is 0 Å².